The fraction of sp³-hybridized carbons (Fsp3) is 0.240. The number of amides is 1. The third-order valence-corrected chi connectivity index (χ3v) is 4.92. The Hall–Kier alpha value is -3.11. The molecular formula is C25H27NO3. The van der Waals surface area contributed by atoms with E-state index in [1.807, 2.05) is 54.6 Å². The molecule has 0 bridgehead atoms. The van der Waals surface area contributed by atoms with Crippen LogP contribution in [0.25, 0.3) is 0 Å². The molecule has 0 aliphatic rings. The lowest BCUT2D eigenvalue weighted by atomic mass is 9.87. The van der Waals surface area contributed by atoms with E-state index in [-0.39, 0.29) is 5.41 Å². The molecule has 0 aromatic heterocycles. The highest BCUT2D eigenvalue weighted by Gasteiger charge is 2.22. The van der Waals surface area contributed by atoms with Crippen LogP contribution in [-0.4, -0.2) is 11.1 Å². The number of ether oxygens (including phenoxy) is 1. The Labute approximate surface area is 172 Å². The zero-order valence-electron chi connectivity index (χ0n) is 17.1. The minimum absolute atomic E-state index is 0.119. The second-order valence-corrected chi connectivity index (χ2v) is 8.13. The highest BCUT2D eigenvalue weighted by Crippen LogP contribution is 2.28. The summed E-state index contributed by atoms with van der Waals surface area (Å²) in [7, 11) is 0. The first kappa shape index (κ1) is 20.6. The van der Waals surface area contributed by atoms with Crippen LogP contribution in [0.1, 0.15) is 48.9 Å². The van der Waals surface area contributed by atoms with E-state index in [0.29, 0.717) is 12.4 Å². The van der Waals surface area contributed by atoms with E-state index in [2.05, 4.69) is 45.0 Å². The summed E-state index contributed by atoms with van der Waals surface area (Å²) < 4.78 is 5.96. The Kier molecular flexibility index (Phi) is 6.35. The van der Waals surface area contributed by atoms with Gasteiger partial charge in [0.15, 0.2) is 0 Å². The number of rotatable bonds is 6. The van der Waals surface area contributed by atoms with Crippen LogP contribution in [0.4, 0.5) is 0 Å². The van der Waals surface area contributed by atoms with Crippen LogP contribution in [0.5, 0.6) is 5.75 Å². The molecule has 0 aliphatic carbocycles. The molecule has 2 N–H and O–H groups in total. The molecule has 0 spiro atoms. The Morgan fingerprint density at radius 3 is 2.21 bits per heavy atom. The SMILES string of the molecule is CC(C)(C)c1ccc(COc2cccc(C(C(=O)NO)c3ccccc3)c2)cc1. The fourth-order valence-electron chi connectivity index (χ4n) is 3.26. The van der Waals surface area contributed by atoms with E-state index >= 15 is 0 Å². The lowest BCUT2D eigenvalue weighted by molar-refractivity contribution is -0.129. The topological polar surface area (TPSA) is 58.6 Å². The van der Waals surface area contributed by atoms with Gasteiger partial charge in [0.25, 0.3) is 5.91 Å². The van der Waals surface area contributed by atoms with Crippen molar-refractivity contribution in [2.24, 2.45) is 0 Å². The van der Waals surface area contributed by atoms with Crippen LogP contribution in [-0.2, 0) is 16.8 Å². The number of hydrogen-bond donors (Lipinski definition) is 2. The standard InChI is InChI=1S/C25H27NO3/c1-25(2,3)21-14-12-18(13-15-21)17-29-22-11-7-10-20(16-22)23(24(27)26-28)19-8-5-4-6-9-19/h4-16,23,28H,17H2,1-3H3,(H,26,27). The van der Waals surface area contributed by atoms with Gasteiger partial charge < -0.3 is 4.74 Å². The number of hydrogen-bond acceptors (Lipinski definition) is 3. The average molecular weight is 389 g/mol. The van der Waals surface area contributed by atoms with Crippen molar-refractivity contribution in [2.75, 3.05) is 0 Å². The highest BCUT2D eigenvalue weighted by atomic mass is 16.5. The average Bonchev–Trinajstić information content (AvgIpc) is 2.73. The van der Waals surface area contributed by atoms with Gasteiger partial charge in [-0.15, -0.1) is 0 Å². The van der Waals surface area contributed by atoms with E-state index < -0.39 is 11.8 Å². The second kappa shape index (κ2) is 8.93. The van der Waals surface area contributed by atoms with E-state index in [9.17, 15) is 10.0 Å². The Morgan fingerprint density at radius 2 is 1.59 bits per heavy atom. The molecular weight excluding hydrogens is 362 g/mol. The third-order valence-electron chi connectivity index (χ3n) is 4.92. The van der Waals surface area contributed by atoms with Gasteiger partial charge in [-0.3, -0.25) is 10.0 Å². The molecule has 0 aliphatic heterocycles. The first-order chi connectivity index (χ1) is 13.9. The lowest BCUT2D eigenvalue weighted by Crippen LogP contribution is -2.27. The molecule has 3 rings (SSSR count). The molecule has 150 valence electrons. The maximum atomic E-state index is 12.3. The minimum atomic E-state index is -0.615. The number of benzene rings is 3. The van der Waals surface area contributed by atoms with Crippen molar-refractivity contribution in [2.45, 2.75) is 38.7 Å². The third kappa shape index (κ3) is 5.24. The van der Waals surface area contributed by atoms with Crippen LogP contribution in [0.15, 0.2) is 78.9 Å². The summed E-state index contributed by atoms with van der Waals surface area (Å²) in [4.78, 5) is 12.3. The van der Waals surface area contributed by atoms with Crippen LogP contribution in [0.3, 0.4) is 0 Å². The molecule has 4 heteroatoms. The summed E-state index contributed by atoms with van der Waals surface area (Å²) in [6.07, 6.45) is 0. The number of hydroxylamine groups is 1. The van der Waals surface area contributed by atoms with Gasteiger partial charge in [0.05, 0.1) is 5.92 Å². The first-order valence-corrected chi connectivity index (χ1v) is 9.69. The van der Waals surface area contributed by atoms with Crippen molar-refractivity contribution in [1.82, 2.24) is 5.48 Å². The molecule has 4 nitrogen and oxygen atoms in total. The summed E-state index contributed by atoms with van der Waals surface area (Å²) in [5.74, 6) is -0.420. The van der Waals surface area contributed by atoms with Crippen LogP contribution in [0.2, 0.25) is 0 Å². The quantitative estimate of drug-likeness (QED) is 0.450. The Morgan fingerprint density at radius 1 is 0.931 bits per heavy atom. The summed E-state index contributed by atoms with van der Waals surface area (Å²) in [5.41, 5.74) is 5.81. The van der Waals surface area contributed by atoms with E-state index in [4.69, 9.17) is 4.74 Å². The molecule has 0 fully saturated rings. The van der Waals surface area contributed by atoms with Gasteiger partial charge in [0.2, 0.25) is 0 Å². The predicted molar refractivity (Wildman–Crippen MR) is 114 cm³/mol. The molecule has 0 heterocycles. The molecule has 1 atom stereocenters. The molecule has 3 aromatic rings. The summed E-state index contributed by atoms with van der Waals surface area (Å²) in [5, 5.41) is 9.20. The van der Waals surface area contributed by atoms with E-state index in [1.54, 1.807) is 5.48 Å². The molecule has 1 amide bonds. The zero-order chi connectivity index (χ0) is 20.9. The second-order valence-electron chi connectivity index (χ2n) is 8.13. The van der Waals surface area contributed by atoms with Gasteiger partial charge in [-0.25, -0.2) is 5.48 Å². The number of carbonyl (C=O) groups is 1. The maximum absolute atomic E-state index is 12.3. The summed E-state index contributed by atoms with van der Waals surface area (Å²) in [6, 6.07) is 25.2. The maximum Gasteiger partial charge on any atom is 0.255 e. The Balaban J connectivity index is 1.77. The fourth-order valence-corrected chi connectivity index (χ4v) is 3.26. The van der Waals surface area contributed by atoms with E-state index in [0.717, 1.165) is 16.7 Å². The van der Waals surface area contributed by atoms with Crippen LogP contribution < -0.4 is 10.2 Å². The first-order valence-electron chi connectivity index (χ1n) is 9.69. The molecule has 0 radical (unpaired) electrons. The minimum Gasteiger partial charge on any atom is -0.489 e. The van der Waals surface area contributed by atoms with Crippen molar-refractivity contribution < 1.29 is 14.7 Å². The van der Waals surface area contributed by atoms with Gasteiger partial charge in [-0.2, -0.15) is 0 Å². The normalized spacial score (nSPS) is 12.3. The molecule has 1 unspecified atom stereocenters. The predicted octanol–water partition coefficient (Wildman–Crippen LogP) is 5.20. The van der Waals surface area contributed by atoms with Crippen LogP contribution in [0, 0.1) is 0 Å². The molecule has 0 saturated carbocycles. The number of carbonyl (C=O) groups excluding carboxylic acids is 1. The lowest BCUT2D eigenvalue weighted by Gasteiger charge is -2.19. The van der Waals surface area contributed by atoms with Crippen molar-refractivity contribution in [3.8, 4) is 5.75 Å². The van der Waals surface area contributed by atoms with Gasteiger partial charge in [-0.1, -0.05) is 87.5 Å². The van der Waals surface area contributed by atoms with Crippen molar-refractivity contribution in [3.05, 3.63) is 101 Å². The van der Waals surface area contributed by atoms with Gasteiger partial charge in [-0.05, 0) is 39.8 Å². The summed E-state index contributed by atoms with van der Waals surface area (Å²) >= 11 is 0. The van der Waals surface area contributed by atoms with Crippen molar-refractivity contribution in [3.63, 3.8) is 0 Å². The monoisotopic (exact) mass is 389 g/mol. The van der Waals surface area contributed by atoms with Crippen LogP contribution >= 0.6 is 0 Å². The van der Waals surface area contributed by atoms with Gasteiger partial charge in [0.1, 0.15) is 12.4 Å². The van der Waals surface area contributed by atoms with Crippen molar-refractivity contribution in [1.29, 1.82) is 0 Å². The smallest absolute Gasteiger partial charge is 0.255 e. The molecule has 29 heavy (non-hydrogen) atoms. The van der Waals surface area contributed by atoms with Gasteiger partial charge >= 0.3 is 0 Å². The van der Waals surface area contributed by atoms with Gasteiger partial charge in [0, 0.05) is 0 Å². The Bertz CT molecular complexity index is 944. The largest absolute Gasteiger partial charge is 0.489 e. The summed E-state index contributed by atoms with van der Waals surface area (Å²) in [6.45, 7) is 7.01. The van der Waals surface area contributed by atoms with Crippen molar-refractivity contribution >= 4 is 5.91 Å². The zero-order valence-corrected chi connectivity index (χ0v) is 17.1. The number of nitrogens with one attached hydrogen (secondary N) is 1. The molecule has 3 aromatic carbocycles. The highest BCUT2D eigenvalue weighted by molar-refractivity contribution is 5.86. The van der Waals surface area contributed by atoms with E-state index in [1.165, 1.54) is 5.56 Å². The molecule has 0 saturated heterocycles.